The van der Waals surface area contributed by atoms with Crippen LogP contribution in [0.3, 0.4) is 0 Å². The van der Waals surface area contributed by atoms with Crippen molar-refractivity contribution in [3.8, 4) is 0 Å². The topological polar surface area (TPSA) is 0 Å². The van der Waals surface area contributed by atoms with Crippen LogP contribution in [0.1, 0.15) is 0 Å². The molecule has 0 amide bonds. The van der Waals surface area contributed by atoms with Crippen molar-refractivity contribution in [2.24, 2.45) is 0 Å². The van der Waals surface area contributed by atoms with Gasteiger partial charge in [-0.1, -0.05) is 0 Å². The summed E-state index contributed by atoms with van der Waals surface area (Å²) in [5, 5.41) is 0. The van der Waals surface area contributed by atoms with Crippen LogP contribution >= 0.6 is 0 Å². The van der Waals surface area contributed by atoms with E-state index in [0.717, 1.165) is 0 Å². The molecule has 7 radical (unpaired) electrons. The SMILES string of the molecule is [B].[Fe].[Ni].[Si]. The Labute approximate surface area is 53.1 Å². The minimum Gasteiger partial charge on any atom is 0 e. The first-order valence-electron chi connectivity index (χ1n) is 0. The smallest absolute Gasteiger partial charge is 0 e. The summed E-state index contributed by atoms with van der Waals surface area (Å²) >= 11 is 0. The van der Waals surface area contributed by atoms with Crippen LogP contribution in [-0.4, -0.2) is 19.4 Å². The van der Waals surface area contributed by atoms with Crippen LogP contribution in [0.4, 0.5) is 0 Å². The molecule has 0 bridgehead atoms. The molecule has 0 saturated heterocycles. The summed E-state index contributed by atoms with van der Waals surface area (Å²) in [6.45, 7) is 0. The Morgan fingerprint density at radius 1 is 1.00 bits per heavy atom. The Morgan fingerprint density at radius 3 is 1.00 bits per heavy atom. The van der Waals surface area contributed by atoms with Gasteiger partial charge in [-0.25, -0.2) is 0 Å². The van der Waals surface area contributed by atoms with E-state index >= 15 is 0 Å². The van der Waals surface area contributed by atoms with E-state index in [1.165, 1.54) is 0 Å². The predicted molar refractivity (Wildman–Crippen MR) is 11.5 cm³/mol. The van der Waals surface area contributed by atoms with Crippen molar-refractivity contribution >= 4 is 19.4 Å². The minimum absolute atomic E-state index is 0. The van der Waals surface area contributed by atoms with E-state index in [9.17, 15) is 0 Å². The van der Waals surface area contributed by atoms with Crippen molar-refractivity contribution in [1.29, 1.82) is 0 Å². The van der Waals surface area contributed by atoms with Crippen molar-refractivity contribution in [1.82, 2.24) is 0 Å². The third kappa shape index (κ3) is 10.3. The van der Waals surface area contributed by atoms with Crippen LogP contribution in [0.5, 0.6) is 0 Å². The molecule has 0 aliphatic heterocycles. The van der Waals surface area contributed by atoms with Gasteiger partial charge < -0.3 is 0 Å². The standard InChI is InChI=1S/B.Fe.Ni.Si. The van der Waals surface area contributed by atoms with E-state index in [0.29, 0.717) is 0 Å². The van der Waals surface area contributed by atoms with Crippen LogP contribution in [0, 0.1) is 0 Å². The van der Waals surface area contributed by atoms with Gasteiger partial charge in [0.05, 0.1) is 0 Å². The van der Waals surface area contributed by atoms with Gasteiger partial charge >= 0.3 is 0 Å². The molecule has 0 aromatic carbocycles. The average Bonchev–Trinajstić information content (AvgIpc) is 0. The first-order chi connectivity index (χ1) is 0. The van der Waals surface area contributed by atoms with Gasteiger partial charge in [0.15, 0.2) is 0 Å². The molecule has 0 nitrogen and oxygen atoms in total. The van der Waals surface area contributed by atoms with Gasteiger partial charge in [-0.2, -0.15) is 0 Å². The second-order valence-corrected chi connectivity index (χ2v) is 0. The summed E-state index contributed by atoms with van der Waals surface area (Å²) in [5.74, 6) is 0. The normalized spacial score (nSPS) is 0. The third-order valence-corrected chi connectivity index (χ3v) is 0. The first kappa shape index (κ1) is 58.3. The molecule has 0 aliphatic carbocycles. The van der Waals surface area contributed by atoms with Crippen molar-refractivity contribution in [3.63, 3.8) is 0 Å². The molecule has 25 valence electrons. The molecular formula is BFeNiSi. The van der Waals surface area contributed by atoms with E-state index < -0.39 is 0 Å². The van der Waals surface area contributed by atoms with Gasteiger partial charge in [-0.3, -0.25) is 0 Å². The van der Waals surface area contributed by atoms with Crippen molar-refractivity contribution in [3.05, 3.63) is 0 Å². The number of hydrogen-bond donors (Lipinski definition) is 0. The summed E-state index contributed by atoms with van der Waals surface area (Å²) in [7, 11) is 0. The maximum absolute atomic E-state index is 0. The monoisotopic (exact) mass is 153 g/mol. The molecule has 0 spiro atoms. The summed E-state index contributed by atoms with van der Waals surface area (Å²) < 4.78 is 0. The van der Waals surface area contributed by atoms with Crippen LogP contribution in [0.2, 0.25) is 0 Å². The fourth-order valence-electron chi connectivity index (χ4n) is 0. The van der Waals surface area contributed by atoms with Crippen molar-refractivity contribution in [2.45, 2.75) is 0 Å². The molecule has 0 aromatic heterocycles. The van der Waals surface area contributed by atoms with Crippen LogP contribution in [-0.2, 0) is 33.6 Å². The Balaban J connectivity index is 0. The molecule has 0 aromatic rings. The zero-order valence-electron chi connectivity index (χ0n) is 1.75. The summed E-state index contributed by atoms with van der Waals surface area (Å²) in [4.78, 5) is 0. The average molecular weight is 153 g/mol. The van der Waals surface area contributed by atoms with Crippen molar-refractivity contribution < 1.29 is 33.6 Å². The van der Waals surface area contributed by atoms with Gasteiger partial charge in [-0.05, 0) is 0 Å². The Hall–Kier alpha value is 1.29. The predicted octanol–water partition coefficient (Wildman–Crippen LogP) is -0.767. The van der Waals surface area contributed by atoms with Crippen LogP contribution < -0.4 is 0 Å². The zero-order valence-corrected chi connectivity index (χ0v) is 4.84. The Kier molecular flexibility index (Phi) is 405. The largest absolute Gasteiger partial charge is 0 e. The Bertz CT molecular complexity index is 8.00. The van der Waals surface area contributed by atoms with Gasteiger partial charge in [0.1, 0.15) is 0 Å². The molecule has 0 atom stereocenters. The molecule has 0 fully saturated rings. The maximum Gasteiger partial charge on any atom is 0 e. The third-order valence-electron chi connectivity index (χ3n) is 0. The van der Waals surface area contributed by atoms with Gasteiger partial charge in [0.2, 0.25) is 0 Å². The molecule has 0 heterocycles. The van der Waals surface area contributed by atoms with E-state index in [1.807, 2.05) is 0 Å². The number of hydrogen-bond acceptors (Lipinski definition) is 0. The molecule has 0 unspecified atom stereocenters. The molecule has 0 rings (SSSR count). The van der Waals surface area contributed by atoms with Gasteiger partial charge in [0.25, 0.3) is 0 Å². The van der Waals surface area contributed by atoms with Crippen molar-refractivity contribution in [2.75, 3.05) is 0 Å². The van der Waals surface area contributed by atoms with E-state index in [1.54, 1.807) is 0 Å². The molecule has 0 aliphatic rings. The summed E-state index contributed by atoms with van der Waals surface area (Å²) in [5.41, 5.74) is 0. The molecule has 0 saturated carbocycles. The fourth-order valence-corrected chi connectivity index (χ4v) is 0. The molecule has 4 heteroatoms. The van der Waals surface area contributed by atoms with Crippen LogP contribution in [0.25, 0.3) is 0 Å². The maximum atomic E-state index is 0. The van der Waals surface area contributed by atoms with Gasteiger partial charge in [0, 0.05) is 52.9 Å². The van der Waals surface area contributed by atoms with E-state index in [2.05, 4.69) is 0 Å². The first-order valence-corrected chi connectivity index (χ1v) is 0. The number of rotatable bonds is 0. The molecule has 4 heavy (non-hydrogen) atoms. The zero-order chi connectivity index (χ0) is 0. The second-order valence-electron chi connectivity index (χ2n) is 0. The Morgan fingerprint density at radius 2 is 1.00 bits per heavy atom. The quantitative estimate of drug-likeness (QED) is 0.401. The fraction of sp³-hybridized carbons (Fsp3) is 0. The van der Waals surface area contributed by atoms with E-state index in [-0.39, 0.29) is 52.9 Å². The molecule has 0 N–H and O–H groups in total. The molecular weight excluding hydrogens is 153 g/mol. The minimum atomic E-state index is 0. The van der Waals surface area contributed by atoms with Gasteiger partial charge in [-0.15, -0.1) is 0 Å². The van der Waals surface area contributed by atoms with E-state index in [4.69, 9.17) is 0 Å². The second kappa shape index (κ2) is 27.8. The summed E-state index contributed by atoms with van der Waals surface area (Å²) in [6.07, 6.45) is 0. The summed E-state index contributed by atoms with van der Waals surface area (Å²) in [6, 6.07) is 0. The van der Waals surface area contributed by atoms with Crippen LogP contribution in [0.15, 0.2) is 0 Å².